The van der Waals surface area contributed by atoms with Crippen LogP contribution in [-0.2, 0) is 0 Å². The molecule has 0 saturated heterocycles. The largest absolute Gasteiger partial charge is 0.251 e. The van der Waals surface area contributed by atoms with E-state index in [0.29, 0.717) is 0 Å². The lowest BCUT2D eigenvalue weighted by Crippen LogP contribution is -2.18. The Bertz CT molecular complexity index is 75.5. The smallest absolute Gasteiger partial charge is 0.248 e. The third-order valence-corrected chi connectivity index (χ3v) is 0.688. The zero-order valence-corrected chi connectivity index (χ0v) is 4.71. The van der Waals surface area contributed by atoms with Gasteiger partial charge in [0, 0.05) is 13.3 Å². The van der Waals surface area contributed by atoms with Crippen molar-refractivity contribution in [3.8, 4) is 0 Å². The first-order valence-electron chi connectivity index (χ1n) is 2.39. The van der Waals surface area contributed by atoms with Crippen molar-refractivity contribution in [3.63, 3.8) is 0 Å². The van der Waals surface area contributed by atoms with Gasteiger partial charge < -0.3 is 0 Å². The van der Waals surface area contributed by atoms with Gasteiger partial charge in [-0.05, 0) is 0 Å². The van der Waals surface area contributed by atoms with Crippen LogP contribution in [0.4, 0.5) is 17.6 Å². The van der Waals surface area contributed by atoms with Crippen molar-refractivity contribution in [1.29, 1.82) is 0 Å². The van der Waals surface area contributed by atoms with Gasteiger partial charge in [0.15, 0.2) is 0 Å². The number of rotatable bonds is 3. The van der Waals surface area contributed by atoms with E-state index >= 15 is 0 Å². The van der Waals surface area contributed by atoms with Gasteiger partial charge in [0.1, 0.15) is 12.8 Å². The first-order valence-corrected chi connectivity index (χ1v) is 2.39. The molecule has 55 valence electrons. The summed E-state index contributed by atoms with van der Waals surface area (Å²) >= 11 is 0. The van der Waals surface area contributed by atoms with E-state index < -0.39 is 25.2 Å². The molecule has 0 aromatic rings. The minimum Gasteiger partial charge on any atom is -0.248 e. The van der Waals surface area contributed by atoms with Crippen LogP contribution in [-0.4, -0.2) is 18.8 Å². The summed E-state index contributed by atoms with van der Waals surface area (Å²) in [4.78, 5) is 0. The number of alkyl halides is 4. The molecular formula is C5H7F4. The SMILES string of the molecule is [CH2]C(F)(F)CC(F)CF. The molecule has 0 heterocycles. The summed E-state index contributed by atoms with van der Waals surface area (Å²) in [6, 6.07) is 0. The highest BCUT2D eigenvalue weighted by Crippen LogP contribution is 2.19. The Morgan fingerprint density at radius 1 is 1.44 bits per heavy atom. The molecule has 0 saturated carbocycles. The number of hydrogen-bond donors (Lipinski definition) is 0. The molecule has 1 atom stereocenters. The van der Waals surface area contributed by atoms with Crippen molar-refractivity contribution in [1.82, 2.24) is 0 Å². The van der Waals surface area contributed by atoms with Crippen LogP contribution in [0.5, 0.6) is 0 Å². The van der Waals surface area contributed by atoms with Gasteiger partial charge in [0.25, 0.3) is 5.92 Å². The maximum Gasteiger partial charge on any atom is 0.251 e. The molecule has 0 nitrogen and oxygen atoms in total. The van der Waals surface area contributed by atoms with E-state index in [0.717, 1.165) is 0 Å². The summed E-state index contributed by atoms with van der Waals surface area (Å²) < 4.78 is 46.2. The lowest BCUT2D eigenvalue weighted by atomic mass is 10.2. The molecule has 0 rings (SSSR count). The fourth-order valence-electron chi connectivity index (χ4n) is 0.379. The maximum absolute atomic E-state index is 11.7. The molecule has 0 fully saturated rings. The lowest BCUT2D eigenvalue weighted by molar-refractivity contribution is 0.0124. The highest BCUT2D eigenvalue weighted by atomic mass is 19.3. The molecule has 0 bridgehead atoms. The fraction of sp³-hybridized carbons (Fsp3) is 0.800. The van der Waals surface area contributed by atoms with Crippen LogP contribution in [0.3, 0.4) is 0 Å². The zero-order chi connectivity index (χ0) is 7.49. The van der Waals surface area contributed by atoms with Crippen LogP contribution in [0, 0.1) is 6.92 Å². The van der Waals surface area contributed by atoms with Crippen LogP contribution in [0.25, 0.3) is 0 Å². The third-order valence-electron chi connectivity index (χ3n) is 0.688. The zero-order valence-electron chi connectivity index (χ0n) is 4.71. The molecular weight excluding hydrogens is 136 g/mol. The Hall–Kier alpha value is -0.280. The molecule has 0 aliphatic rings. The second-order valence-corrected chi connectivity index (χ2v) is 1.81. The molecule has 4 heteroatoms. The molecule has 0 amide bonds. The van der Waals surface area contributed by atoms with Gasteiger partial charge in [-0.15, -0.1) is 0 Å². The second-order valence-electron chi connectivity index (χ2n) is 1.81. The van der Waals surface area contributed by atoms with E-state index in [9.17, 15) is 17.6 Å². The van der Waals surface area contributed by atoms with Crippen molar-refractivity contribution < 1.29 is 17.6 Å². The van der Waals surface area contributed by atoms with Crippen LogP contribution >= 0.6 is 0 Å². The van der Waals surface area contributed by atoms with Crippen LogP contribution in [0.15, 0.2) is 0 Å². The molecule has 0 aliphatic carbocycles. The van der Waals surface area contributed by atoms with Crippen LogP contribution in [0.2, 0.25) is 0 Å². The number of halogens is 4. The monoisotopic (exact) mass is 143 g/mol. The van der Waals surface area contributed by atoms with E-state index in [1.807, 2.05) is 0 Å². The average molecular weight is 143 g/mol. The predicted molar refractivity (Wildman–Crippen MR) is 25.8 cm³/mol. The third kappa shape index (κ3) is 5.59. The minimum absolute atomic E-state index is 1.14. The Balaban J connectivity index is 3.47. The first kappa shape index (κ1) is 8.72. The summed E-state index contributed by atoms with van der Waals surface area (Å²) in [5, 5.41) is 0. The minimum atomic E-state index is -3.34. The fourth-order valence-corrected chi connectivity index (χ4v) is 0.379. The standard InChI is InChI=1S/C5H7F4/c1-5(8,9)2-4(7)3-6/h4H,1-3H2. The van der Waals surface area contributed by atoms with Gasteiger partial charge in [0.2, 0.25) is 0 Å². The van der Waals surface area contributed by atoms with Gasteiger partial charge in [0.05, 0.1) is 0 Å². The van der Waals surface area contributed by atoms with Gasteiger partial charge in [-0.3, -0.25) is 0 Å². The van der Waals surface area contributed by atoms with Crippen LogP contribution < -0.4 is 0 Å². The quantitative estimate of drug-likeness (QED) is 0.531. The van der Waals surface area contributed by atoms with Gasteiger partial charge in [-0.2, -0.15) is 0 Å². The van der Waals surface area contributed by atoms with E-state index in [1.54, 1.807) is 0 Å². The van der Waals surface area contributed by atoms with Gasteiger partial charge in [-0.1, -0.05) is 0 Å². The van der Waals surface area contributed by atoms with Gasteiger partial charge >= 0.3 is 0 Å². The number of hydrogen-bond acceptors (Lipinski definition) is 0. The van der Waals surface area contributed by atoms with Crippen molar-refractivity contribution in [2.45, 2.75) is 18.5 Å². The van der Waals surface area contributed by atoms with Crippen molar-refractivity contribution in [2.24, 2.45) is 0 Å². The predicted octanol–water partition coefficient (Wildman–Crippen LogP) is 2.15. The molecule has 0 aromatic carbocycles. The van der Waals surface area contributed by atoms with E-state index in [4.69, 9.17) is 0 Å². The summed E-state index contributed by atoms with van der Waals surface area (Å²) in [6.07, 6.45) is -3.22. The molecule has 0 aromatic heterocycles. The molecule has 9 heavy (non-hydrogen) atoms. The highest BCUT2D eigenvalue weighted by Gasteiger charge is 2.26. The topological polar surface area (TPSA) is 0 Å². The second kappa shape index (κ2) is 3.03. The lowest BCUT2D eigenvalue weighted by Gasteiger charge is -2.09. The Morgan fingerprint density at radius 2 is 1.89 bits per heavy atom. The molecule has 1 radical (unpaired) electrons. The van der Waals surface area contributed by atoms with Crippen molar-refractivity contribution >= 4 is 0 Å². The summed E-state index contributed by atoms with van der Waals surface area (Å²) in [5.74, 6) is -3.34. The van der Waals surface area contributed by atoms with E-state index in [-0.39, 0.29) is 0 Å². The molecule has 0 N–H and O–H groups in total. The summed E-state index contributed by atoms with van der Waals surface area (Å²) in [7, 11) is 0. The Morgan fingerprint density at radius 3 is 2.00 bits per heavy atom. The maximum atomic E-state index is 11.7. The van der Waals surface area contributed by atoms with Gasteiger partial charge in [-0.25, -0.2) is 17.6 Å². The summed E-state index contributed by atoms with van der Waals surface area (Å²) in [5.41, 5.74) is 0. The summed E-state index contributed by atoms with van der Waals surface area (Å²) in [6.45, 7) is 0.948. The van der Waals surface area contributed by atoms with Crippen molar-refractivity contribution in [2.75, 3.05) is 6.67 Å². The van der Waals surface area contributed by atoms with E-state index in [2.05, 4.69) is 6.92 Å². The normalized spacial score (nSPS) is 15.7. The molecule has 0 aliphatic heterocycles. The molecule has 1 unspecified atom stereocenters. The Kier molecular flexibility index (Phi) is 2.94. The average Bonchev–Trinajstić information content (AvgIpc) is 1.62. The Labute approximate surface area is 50.9 Å². The van der Waals surface area contributed by atoms with Crippen molar-refractivity contribution in [3.05, 3.63) is 6.92 Å². The molecule has 0 spiro atoms. The van der Waals surface area contributed by atoms with E-state index in [1.165, 1.54) is 0 Å². The van der Waals surface area contributed by atoms with Crippen LogP contribution in [0.1, 0.15) is 6.42 Å². The first-order chi connectivity index (χ1) is 3.95. The highest BCUT2D eigenvalue weighted by molar-refractivity contribution is 4.72.